The molecule has 1 aliphatic heterocycles. The van der Waals surface area contributed by atoms with E-state index in [-0.39, 0.29) is 5.56 Å². The van der Waals surface area contributed by atoms with Gasteiger partial charge in [0.2, 0.25) is 5.95 Å². The van der Waals surface area contributed by atoms with Crippen LogP contribution in [0.4, 0.5) is 11.8 Å². The van der Waals surface area contributed by atoms with Crippen LogP contribution >= 0.6 is 23.2 Å². The third-order valence-electron chi connectivity index (χ3n) is 5.94. The van der Waals surface area contributed by atoms with Crippen LogP contribution in [0.15, 0.2) is 53.6 Å². The molecule has 0 unspecified atom stereocenters. The Morgan fingerprint density at radius 1 is 1.08 bits per heavy atom. The van der Waals surface area contributed by atoms with Crippen LogP contribution in [0, 0.1) is 0 Å². The number of hydrogen-bond acceptors (Lipinski definition) is 8. The normalized spacial score (nSPS) is 14.2. The zero-order valence-electron chi connectivity index (χ0n) is 19.6. The van der Waals surface area contributed by atoms with Crippen molar-refractivity contribution >= 4 is 46.0 Å². The van der Waals surface area contributed by atoms with E-state index in [0.29, 0.717) is 56.3 Å². The SMILES string of the molecule is Cn1c(=O)c(-c2c(Cl)cccc2Cl)cc2cnc(Nc3ccc(OCCN4CCOCC4)cn3)nc21. The Bertz CT molecular complexity index is 1420. The summed E-state index contributed by atoms with van der Waals surface area (Å²) in [6.45, 7) is 4.82. The lowest BCUT2D eigenvalue weighted by Crippen LogP contribution is -2.38. The summed E-state index contributed by atoms with van der Waals surface area (Å²) in [5.41, 5.74) is 1.07. The molecule has 9 nitrogen and oxygen atoms in total. The van der Waals surface area contributed by atoms with Crippen LogP contribution in [0.5, 0.6) is 5.75 Å². The summed E-state index contributed by atoms with van der Waals surface area (Å²) in [7, 11) is 1.65. The molecular formula is C25H24Cl2N6O3. The average Bonchev–Trinajstić information content (AvgIpc) is 2.89. The lowest BCUT2D eigenvalue weighted by molar-refractivity contribution is 0.0322. The van der Waals surface area contributed by atoms with Gasteiger partial charge in [0.1, 0.15) is 23.8 Å². The van der Waals surface area contributed by atoms with Gasteiger partial charge in [-0.3, -0.25) is 14.3 Å². The Balaban J connectivity index is 1.30. The van der Waals surface area contributed by atoms with Crippen molar-refractivity contribution in [3.63, 3.8) is 0 Å². The molecule has 1 saturated heterocycles. The number of aromatic nitrogens is 4. The Morgan fingerprint density at radius 2 is 1.86 bits per heavy atom. The highest BCUT2D eigenvalue weighted by Gasteiger charge is 2.16. The topological polar surface area (TPSA) is 94.4 Å². The maximum absolute atomic E-state index is 13.1. The van der Waals surface area contributed by atoms with E-state index in [1.807, 2.05) is 6.07 Å². The van der Waals surface area contributed by atoms with Gasteiger partial charge < -0.3 is 14.8 Å². The van der Waals surface area contributed by atoms with E-state index in [4.69, 9.17) is 32.7 Å². The Kier molecular flexibility index (Phi) is 7.33. The maximum atomic E-state index is 13.1. The van der Waals surface area contributed by atoms with Gasteiger partial charge in [0.05, 0.1) is 35.0 Å². The molecule has 1 fully saturated rings. The molecule has 11 heteroatoms. The molecular weight excluding hydrogens is 503 g/mol. The fourth-order valence-electron chi connectivity index (χ4n) is 4.01. The zero-order valence-corrected chi connectivity index (χ0v) is 21.1. The summed E-state index contributed by atoms with van der Waals surface area (Å²) in [6.07, 6.45) is 3.29. The zero-order chi connectivity index (χ0) is 25.1. The van der Waals surface area contributed by atoms with Gasteiger partial charge in [0.15, 0.2) is 0 Å². The Hall–Kier alpha value is -3.24. The van der Waals surface area contributed by atoms with Crippen molar-refractivity contribution in [1.82, 2.24) is 24.4 Å². The average molecular weight is 527 g/mol. The first-order valence-electron chi connectivity index (χ1n) is 11.5. The third-order valence-corrected chi connectivity index (χ3v) is 6.57. The first-order chi connectivity index (χ1) is 17.5. The van der Waals surface area contributed by atoms with Gasteiger partial charge in [-0.15, -0.1) is 0 Å². The second kappa shape index (κ2) is 10.8. The quantitative estimate of drug-likeness (QED) is 0.383. The molecule has 4 heterocycles. The van der Waals surface area contributed by atoms with Gasteiger partial charge in [-0.25, -0.2) is 9.97 Å². The van der Waals surface area contributed by atoms with Crippen molar-refractivity contribution in [3.05, 3.63) is 69.2 Å². The molecule has 4 aromatic rings. The number of hydrogen-bond donors (Lipinski definition) is 1. The molecule has 5 rings (SSSR count). The number of anilines is 2. The van der Waals surface area contributed by atoms with Crippen molar-refractivity contribution < 1.29 is 9.47 Å². The molecule has 1 aliphatic rings. The molecule has 0 atom stereocenters. The number of rotatable bonds is 7. The molecule has 1 N–H and O–H groups in total. The summed E-state index contributed by atoms with van der Waals surface area (Å²) >= 11 is 12.7. The number of morpholine rings is 1. The third kappa shape index (κ3) is 5.29. The molecule has 0 amide bonds. The van der Waals surface area contributed by atoms with Crippen molar-refractivity contribution in [2.45, 2.75) is 0 Å². The van der Waals surface area contributed by atoms with Crippen molar-refractivity contribution in [2.24, 2.45) is 7.05 Å². The molecule has 3 aromatic heterocycles. The summed E-state index contributed by atoms with van der Waals surface area (Å²) in [5.74, 6) is 1.55. The van der Waals surface area contributed by atoms with Crippen LogP contribution < -0.4 is 15.6 Å². The number of aryl methyl sites for hydroxylation is 1. The number of nitrogens with one attached hydrogen (secondary N) is 1. The fraction of sp³-hybridized carbons (Fsp3) is 0.280. The predicted octanol–water partition coefficient (Wildman–Crippen LogP) is 4.15. The number of pyridine rings is 2. The highest BCUT2D eigenvalue weighted by Crippen LogP contribution is 2.33. The monoisotopic (exact) mass is 526 g/mol. The van der Waals surface area contributed by atoms with E-state index in [1.54, 1.807) is 49.8 Å². The molecule has 186 valence electrons. The van der Waals surface area contributed by atoms with Crippen LogP contribution in [-0.2, 0) is 11.8 Å². The van der Waals surface area contributed by atoms with E-state index >= 15 is 0 Å². The highest BCUT2D eigenvalue weighted by molar-refractivity contribution is 6.39. The van der Waals surface area contributed by atoms with Crippen LogP contribution in [0.25, 0.3) is 22.2 Å². The lowest BCUT2D eigenvalue weighted by Gasteiger charge is -2.26. The standard InChI is InChI=1S/C25H24Cl2N6O3/c1-32-23-16(13-18(24(32)34)22-19(26)3-2-4-20(22)27)14-29-25(31-23)30-21-6-5-17(15-28-21)36-12-9-33-7-10-35-11-8-33/h2-6,13-15H,7-12H2,1H3,(H,28,29,30,31). The second-order valence-electron chi connectivity index (χ2n) is 8.30. The summed E-state index contributed by atoms with van der Waals surface area (Å²) < 4.78 is 12.6. The van der Waals surface area contributed by atoms with Gasteiger partial charge in [-0.05, 0) is 30.3 Å². The molecule has 1 aromatic carbocycles. The number of fused-ring (bicyclic) bond motifs is 1. The molecule has 0 saturated carbocycles. The van der Waals surface area contributed by atoms with Crippen LogP contribution in [0.3, 0.4) is 0 Å². The van der Waals surface area contributed by atoms with E-state index in [9.17, 15) is 4.79 Å². The summed E-state index contributed by atoms with van der Waals surface area (Å²) in [6, 6.07) is 10.5. The van der Waals surface area contributed by atoms with Gasteiger partial charge in [-0.2, -0.15) is 4.98 Å². The second-order valence-corrected chi connectivity index (χ2v) is 9.11. The molecule has 0 bridgehead atoms. The maximum Gasteiger partial charge on any atom is 0.259 e. The summed E-state index contributed by atoms with van der Waals surface area (Å²) in [4.78, 5) is 28.7. The molecule has 0 spiro atoms. The first-order valence-corrected chi connectivity index (χ1v) is 12.2. The predicted molar refractivity (Wildman–Crippen MR) is 141 cm³/mol. The largest absolute Gasteiger partial charge is 0.491 e. The van der Waals surface area contributed by atoms with E-state index in [1.165, 1.54) is 4.57 Å². The van der Waals surface area contributed by atoms with Crippen molar-refractivity contribution in [2.75, 3.05) is 44.8 Å². The van der Waals surface area contributed by atoms with Crippen molar-refractivity contribution in [3.8, 4) is 16.9 Å². The molecule has 36 heavy (non-hydrogen) atoms. The Labute approximate surface area is 217 Å². The first kappa shape index (κ1) is 24.5. The van der Waals surface area contributed by atoms with E-state index in [2.05, 4.69) is 25.2 Å². The summed E-state index contributed by atoms with van der Waals surface area (Å²) in [5, 5.41) is 4.55. The van der Waals surface area contributed by atoms with E-state index in [0.717, 1.165) is 32.8 Å². The molecule has 0 aliphatic carbocycles. The van der Waals surface area contributed by atoms with Crippen LogP contribution in [0.1, 0.15) is 0 Å². The molecule has 0 radical (unpaired) electrons. The van der Waals surface area contributed by atoms with Gasteiger partial charge in [0, 0.05) is 43.8 Å². The van der Waals surface area contributed by atoms with Gasteiger partial charge in [0.25, 0.3) is 5.56 Å². The number of benzene rings is 1. The number of ether oxygens (including phenoxy) is 2. The Morgan fingerprint density at radius 3 is 2.58 bits per heavy atom. The number of nitrogens with zero attached hydrogens (tertiary/aromatic N) is 5. The van der Waals surface area contributed by atoms with Gasteiger partial charge in [-0.1, -0.05) is 29.3 Å². The van der Waals surface area contributed by atoms with E-state index < -0.39 is 0 Å². The van der Waals surface area contributed by atoms with Crippen LogP contribution in [0.2, 0.25) is 10.0 Å². The van der Waals surface area contributed by atoms with Crippen molar-refractivity contribution in [1.29, 1.82) is 0 Å². The smallest absolute Gasteiger partial charge is 0.259 e. The lowest BCUT2D eigenvalue weighted by atomic mass is 10.1. The van der Waals surface area contributed by atoms with Crippen LogP contribution in [-0.4, -0.2) is 63.9 Å². The number of halogens is 2. The minimum absolute atomic E-state index is 0.265. The highest BCUT2D eigenvalue weighted by atomic mass is 35.5. The minimum atomic E-state index is -0.265. The minimum Gasteiger partial charge on any atom is -0.491 e. The van der Waals surface area contributed by atoms with Gasteiger partial charge >= 0.3 is 0 Å². The fourth-order valence-corrected chi connectivity index (χ4v) is 4.61.